The van der Waals surface area contributed by atoms with Crippen LogP contribution in [0.3, 0.4) is 0 Å². The maximum absolute atomic E-state index is 11.7. The summed E-state index contributed by atoms with van der Waals surface area (Å²) in [4.78, 5) is 11.7. The summed E-state index contributed by atoms with van der Waals surface area (Å²) in [5.74, 6) is 1.14. The Bertz CT molecular complexity index is 392. The molecule has 2 rings (SSSR count). The predicted octanol–water partition coefficient (Wildman–Crippen LogP) is 0.791. The molecule has 1 aromatic carbocycles. The lowest BCUT2D eigenvalue weighted by molar-refractivity contribution is 0.0936. The number of nitrogens with one attached hydrogen (secondary N) is 1. The Hall–Kier alpha value is -1.75. The predicted molar refractivity (Wildman–Crippen MR) is 56.8 cm³/mol. The summed E-state index contributed by atoms with van der Waals surface area (Å²) in [6.07, 6.45) is 0. The van der Waals surface area contributed by atoms with Crippen LogP contribution < -0.4 is 14.8 Å². The number of benzene rings is 1. The molecule has 0 aliphatic carbocycles. The Morgan fingerprint density at radius 3 is 3.06 bits per heavy atom. The Kier molecular flexibility index (Phi) is 3.26. The second-order valence-corrected chi connectivity index (χ2v) is 3.32. The average molecular weight is 223 g/mol. The molecule has 1 amide bonds. The maximum atomic E-state index is 11.7. The number of carbonyl (C=O) groups is 1. The van der Waals surface area contributed by atoms with E-state index >= 15 is 0 Å². The molecule has 1 N–H and O–H groups in total. The first-order valence-corrected chi connectivity index (χ1v) is 4.98. The Balaban J connectivity index is 2.01. The second kappa shape index (κ2) is 4.85. The third kappa shape index (κ3) is 2.25. The van der Waals surface area contributed by atoms with E-state index in [9.17, 15) is 4.79 Å². The van der Waals surface area contributed by atoms with E-state index in [1.165, 1.54) is 0 Å². The lowest BCUT2D eigenvalue weighted by Crippen LogP contribution is -2.26. The fraction of sp³-hybridized carbons (Fsp3) is 0.364. The van der Waals surface area contributed by atoms with Crippen LogP contribution in [0, 0.1) is 0 Å². The van der Waals surface area contributed by atoms with Crippen molar-refractivity contribution >= 4 is 5.91 Å². The number of hydrogen-bond donors (Lipinski definition) is 1. The minimum Gasteiger partial charge on any atom is -0.454 e. The van der Waals surface area contributed by atoms with Crippen molar-refractivity contribution in [2.24, 2.45) is 0 Å². The molecule has 0 unspecified atom stereocenters. The molecule has 1 heterocycles. The van der Waals surface area contributed by atoms with Crippen molar-refractivity contribution in [1.29, 1.82) is 0 Å². The molecule has 0 radical (unpaired) electrons. The van der Waals surface area contributed by atoms with Crippen LogP contribution in [0.4, 0.5) is 0 Å². The van der Waals surface area contributed by atoms with Crippen LogP contribution >= 0.6 is 0 Å². The number of methoxy groups -OCH3 is 1. The molecule has 0 saturated carbocycles. The molecule has 0 bridgehead atoms. The smallest absolute Gasteiger partial charge is 0.251 e. The van der Waals surface area contributed by atoms with Crippen molar-refractivity contribution in [3.05, 3.63) is 23.8 Å². The first kappa shape index (κ1) is 10.8. The standard InChI is InChI=1S/C11H13NO4/c1-14-5-4-12-11(13)8-2-3-9-10(6-8)16-7-15-9/h2-3,6H,4-5,7H2,1H3,(H,12,13). The Morgan fingerprint density at radius 1 is 1.44 bits per heavy atom. The van der Waals surface area contributed by atoms with Crippen molar-refractivity contribution in [3.63, 3.8) is 0 Å². The van der Waals surface area contributed by atoms with Crippen molar-refractivity contribution in [3.8, 4) is 11.5 Å². The van der Waals surface area contributed by atoms with Gasteiger partial charge in [-0.15, -0.1) is 0 Å². The van der Waals surface area contributed by atoms with Crippen LogP contribution in [0.25, 0.3) is 0 Å². The summed E-state index contributed by atoms with van der Waals surface area (Å²) in [6, 6.07) is 5.10. The van der Waals surface area contributed by atoms with Gasteiger partial charge >= 0.3 is 0 Å². The molecule has 5 nitrogen and oxygen atoms in total. The number of ether oxygens (including phenoxy) is 3. The molecule has 0 spiro atoms. The summed E-state index contributed by atoms with van der Waals surface area (Å²) in [7, 11) is 1.59. The quantitative estimate of drug-likeness (QED) is 0.767. The van der Waals surface area contributed by atoms with Crippen LogP contribution in [0.1, 0.15) is 10.4 Å². The van der Waals surface area contributed by atoms with Gasteiger partial charge in [0.25, 0.3) is 5.91 Å². The van der Waals surface area contributed by atoms with Gasteiger partial charge in [-0.05, 0) is 18.2 Å². The van der Waals surface area contributed by atoms with Gasteiger partial charge in [-0.2, -0.15) is 0 Å². The van der Waals surface area contributed by atoms with Gasteiger partial charge in [-0.1, -0.05) is 0 Å². The topological polar surface area (TPSA) is 56.8 Å². The molecule has 0 atom stereocenters. The summed E-state index contributed by atoms with van der Waals surface area (Å²) in [5, 5.41) is 2.73. The van der Waals surface area contributed by atoms with Crippen molar-refractivity contribution < 1.29 is 19.0 Å². The lowest BCUT2D eigenvalue weighted by atomic mass is 10.2. The zero-order valence-electron chi connectivity index (χ0n) is 8.99. The number of amides is 1. The van der Waals surface area contributed by atoms with E-state index in [1.54, 1.807) is 25.3 Å². The van der Waals surface area contributed by atoms with Crippen LogP contribution in [0.2, 0.25) is 0 Å². The van der Waals surface area contributed by atoms with Gasteiger partial charge in [-0.3, -0.25) is 4.79 Å². The van der Waals surface area contributed by atoms with Crippen LogP contribution in [0.5, 0.6) is 11.5 Å². The van der Waals surface area contributed by atoms with Crippen molar-refractivity contribution in [2.45, 2.75) is 0 Å². The van der Waals surface area contributed by atoms with Crippen LogP contribution in [-0.2, 0) is 4.74 Å². The highest BCUT2D eigenvalue weighted by Crippen LogP contribution is 2.32. The fourth-order valence-corrected chi connectivity index (χ4v) is 1.41. The average Bonchev–Trinajstić information content (AvgIpc) is 2.76. The van der Waals surface area contributed by atoms with Gasteiger partial charge in [0, 0.05) is 19.2 Å². The van der Waals surface area contributed by atoms with E-state index < -0.39 is 0 Å². The number of carbonyl (C=O) groups excluding carboxylic acids is 1. The molecule has 5 heteroatoms. The molecule has 0 aromatic heterocycles. The van der Waals surface area contributed by atoms with E-state index in [2.05, 4.69) is 5.32 Å². The van der Waals surface area contributed by atoms with Gasteiger partial charge in [0.05, 0.1) is 6.61 Å². The minimum atomic E-state index is -0.143. The van der Waals surface area contributed by atoms with E-state index in [-0.39, 0.29) is 12.7 Å². The summed E-state index contributed by atoms with van der Waals surface area (Å²) in [5.41, 5.74) is 0.556. The zero-order valence-corrected chi connectivity index (χ0v) is 8.99. The monoisotopic (exact) mass is 223 g/mol. The van der Waals surface area contributed by atoms with E-state index in [0.717, 1.165) is 0 Å². The van der Waals surface area contributed by atoms with Gasteiger partial charge in [0.1, 0.15) is 0 Å². The molecule has 86 valence electrons. The van der Waals surface area contributed by atoms with Gasteiger partial charge < -0.3 is 19.5 Å². The lowest BCUT2D eigenvalue weighted by Gasteiger charge is -2.05. The first-order chi connectivity index (χ1) is 7.81. The SMILES string of the molecule is COCCNC(=O)c1ccc2c(c1)OCO2. The van der Waals surface area contributed by atoms with Crippen molar-refractivity contribution in [1.82, 2.24) is 5.32 Å². The molecule has 0 fully saturated rings. The van der Waals surface area contributed by atoms with Crippen molar-refractivity contribution in [2.75, 3.05) is 27.1 Å². The zero-order chi connectivity index (χ0) is 11.4. The molecular weight excluding hydrogens is 210 g/mol. The maximum Gasteiger partial charge on any atom is 0.251 e. The molecule has 1 aliphatic rings. The molecule has 16 heavy (non-hydrogen) atoms. The Labute approximate surface area is 93.3 Å². The molecule has 0 saturated heterocycles. The summed E-state index contributed by atoms with van der Waals surface area (Å²) in [6.45, 7) is 1.20. The largest absolute Gasteiger partial charge is 0.454 e. The number of rotatable bonds is 4. The third-order valence-electron chi connectivity index (χ3n) is 2.23. The first-order valence-electron chi connectivity index (χ1n) is 4.98. The van der Waals surface area contributed by atoms with Crippen LogP contribution in [0.15, 0.2) is 18.2 Å². The van der Waals surface area contributed by atoms with Crippen LogP contribution in [-0.4, -0.2) is 33.0 Å². The second-order valence-electron chi connectivity index (χ2n) is 3.32. The minimum absolute atomic E-state index is 0.143. The summed E-state index contributed by atoms with van der Waals surface area (Å²) < 4.78 is 15.2. The number of hydrogen-bond acceptors (Lipinski definition) is 4. The highest BCUT2D eigenvalue weighted by molar-refractivity contribution is 5.94. The molecular formula is C11H13NO4. The summed E-state index contributed by atoms with van der Waals surface area (Å²) >= 11 is 0. The van der Waals surface area contributed by atoms with E-state index in [0.29, 0.717) is 30.2 Å². The normalized spacial score (nSPS) is 12.6. The fourth-order valence-electron chi connectivity index (χ4n) is 1.41. The Morgan fingerprint density at radius 2 is 2.25 bits per heavy atom. The van der Waals surface area contributed by atoms with E-state index in [1.807, 2.05) is 0 Å². The highest BCUT2D eigenvalue weighted by atomic mass is 16.7. The van der Waals surface area contributed by atoms with Gasteiger partial charge in [0.2, 0.25) is 6.79 Å². The highest BCUT2D eigenvalue weighted by Gasteiger charge is 2.15. The number of fused-ring (bicyclic) bond motifs is 1. The van der Waals surface area contributed by atoms with E-state index in [4.69, 9.17) is 14.2 Å². The molecule has 1 aromatic rings. The molecule has 1 aliphatic heterocycles. The third-order valence-corrected chi connectivity index (χ3v) is 2.23. The van der Waals surface area contributed by atoms with Gasteiger partial charge in [-0.25, -0.2) is 0 Å². The van der Waals surface area contributed by atoms with Gasteiger partial charge in [0.15, 0.2) is 11.5 Å².